The Morgan fingerprint density at radius 3 is 2.56 bits per heavy atom. The Kier molecular flexibility index (Phi) is 6.73. The molecule has 0 bridgehead atoms. The maximum atomic E-state index is 11.8. The molecule has 1 unspecified atom stereocenters. The third kappa shape index (κ3) is 4.67. The Hall–Kier alpha value is -1.28. The van der Waals surface area contributed by atoms with Crippen molar-refractivity contribution in [1.82, 2.24) is 19.5 Å². The maximum absolute atomic E-state index is 11.8. The summed E-state index contributed by atoms with van der Waals surface area (Å²) in [7, 11) is -4.23. The molecule has 4 N–H and O–H groups in total. The topological polar surface area (TPSA) is 127 Å². The maximum Gasteiger partial charge on any atom is 0.332 e. The molecular formula is C15H18N5NaO3P. The number of hydrogen-bond acceptors (Lipinski definition) is 5. The molecule has 3 rings (SSSR count). The van der Waals surface area contributed by atoms with Crippen LogP contribution in [0.15, 0.2) is 43.0 Å². The summed E-state index contributed by atoms with van der Waals surface area (Å²) in [6.45, 7) is 0.538. The van der Waals surface area contributed by atoms with Crippen LogP contribution in [0.5, 0.6) is 0 Å². The van der Waals surface area contributed by atoms with Gasteiger partial charge in [-0.2, -0.15) is 0 Å². The van der Waals surface area contributed by atoms with Gasteiger partial charge in [-0.15, -0.1) is 0 Å². The number of nitrogen functional groups attached to an aromatic ring is 1. The van der Waals surface area contributed by atoms with Crippen molar-refractivity contribution in [2.75, 3.05) is 5.73 Å². The summed E-state index contributed by atoms with van der Waals surface area (Å²) in [5.41, 5.74) is 6.74. The predicted molar refractivity (Wildman–Crippen MR) is 96.0 cm³/mol. The zero-order chi connectivity index (χ0) is 17.2. The summed E-state index contributed by atoms with van der Waals surface area (Å²) >= 11 is 0. The molecule has 127 valence electrons. The predicted octanol–water partition coefficient (Wildman–Crippen LogP) is 1.73. The number of imidazole rings is 1. The van der Waals surface area contributed by atoms with Crippen molar-refractivity contribution >= 4 is 54.1 Å². The SMILES string of the molecule is Nc1ncnc2c1ncn2CCCC(c1ccccc1)P(=O)(O)O.[Na]. The minimum absolute atomic E-state index is 0. The summed E-state index contributed by atoms with van der Waals surface area (Å²) in [4.78, 5) is 31.5. The van der Waals surface area contributed by atoms with Crippen LogP contribution in [0.2, 0.25) is 0 Å². The van der Waals surface area contributed by atoms with Gasteiger partial charge in [0.25, 0.3) is 0 Å². The quantitative estimate of drug-likeness (QED) is 0.445. The second-order valence-corrected chi connectivity index (χ2v) is 7.33. The molecule has 1 radical (unpaired) electrons. The first-order valence-electron chi connectivity index (χ1n) is 7.48. The van der Waals surface area contributed by atoms with E-state index in [1.54, 1.807) is 30.6 Å². The van der Waals surface area contributed by atoms with Gasteiger partial charge in [0.1, 0.15) is 11.8 Å². The molecule has 0 saturated heterocycles. The zero-order valence-electron chi connectivity index (χ0n) is 13.9. The Bertz CT molecular complexity index is 883. The van der Waals surface area contributed by atoms with Gasteiger partial charge in [-0.3, -0.25) is 4.57 Å². The minimum atomic E-state index is -4.23. The molecule has 0 saturated carbocycles. The number of nitrogens with zero attached hydrogens (tertiary/aromatic N) is 4. The van der Waals surface area contributed by atoms with Gasteiger partial charge >= 0.3 is 7.60 Å². The number of aryl methyl sites for hydroxylation is 1. The van der Waals surface area contributed by atoms with Crippen molar-refractivity contribution in [1.29, 1.82) is 0 Å². The van der Waals surface area contributed by atoms with E-state index in [0.29, 0.717) is 41.9 Å². The van der Waals surface area contributed by atoms with Gasteiger partial charge in [0.05, 0.1) is 12.0 Å². The Morgan fingerprint density at radius 1 is 1.16 bits per heavy atom. The molecule has 2 heterocycles. The van der Waals surface area contributed by atoms with Gasteiger partial charge in [0.2, 0.25) is 0 Å². The van der Waals surface area contributed by atoms with Crippen molar-refractivity contribution in [2.45, 2.75) is 25.0 Å². The van der Waals surface area contributed by atoms with Gasteiger partial charge in [0.15, 0.2) is 11.5 Å². The van der Waals surface area contributed by atoms with E-state index in [2.05, 4.69) is 15.0 Å². The van der Waals surface area contributed by atoms with E-state index < -0.39 is 13.3 Å². The number of benzene rings is 1. The van der Waals surface area contributed by atoms with Crippen molar-refractivity contribution in [3.63, 3.8) is 0 Å². The third-order valence-electron chi connectivity index (χ3n) is 3.90. The number of nitrogens with two attached hydrogens (primary N) is 1. The average molecular weight is 370 g/mol. The van der Waals surface area contributed by atoms with E-state index in [9.17, 15) is 14.4 Å². The number of fused-ring (bicyclic) bond motifs is 1. The van der Waals surface area contributed by atoms with Gasteiger partial charge in [0, 0.05) is 36.1 Å². The normalized spacial score (nSPS) is 12.7. The van der Waals surface area contributed by atoms with Crippen molar-refractivity contribution < 1.29 is 14.4 Å². The van der Waals surface area contributed by atoms with Crippen LogP contribution >= 0.6 is 7.60 Å². The molecule has 0 amide bonds. The fraction of sp³-hybridized carbons (Fsp3) is 0.267. The number of hydrogen-bond donors (Lipinski definition) is 3. The number of anilines is 1. The van der Waals surface area contributed by atoms with E-state index in [-0.39, 0.29) is 29.6 Å². The van der Waals surface area contributed by atoms with E-state index in [0.717, 1.165) is 0 Å². The summed E-state index contributed by atoms with van der Waals surface area (Å²) in [6, 6.07) is 8.86. The smallest absolute Gasteiger partial charge is 0.332 e. The molecule has 0 spiro atoms. The van der Waals surface area contributed by atoms with Gasteiger partial charge < -0.3 is 20.1 Å². The van der Waals surface area contributed by atoms with Crippen LogP contribution in [-0.4, -0.2) is 58.9 Å². The molecule has 0 aliphatic carbocycles. The molecule has 1 aromatic carbocycles. The van der Waals surface area contributed by atoms with E-state index in [4.69, 9.17) is 5.73 Å². The van der Waals surface area contributed by atoms with Crippen LogP contribution in [-0.2, 0) is 11.1 Å². The van der Waals surface area contributed by atoms with E-state index >= 15 is 0 Å². The van der Waals surface area contributed by atoms with Gasteiger partial charge in [-0.05, 0) is 18.4 Å². The second-order valence-electron chi connectivity index (χ2n) is 5.53. The second kappa shape index (κ2) is 8.40. The number of rotatable bonds is 6. The minimum Gasteiger partial charge on any atom is -0.382 e. The molecule has 10 heteroatoms. The van der Waals surface area contributed by atoms with Crippen molar-refractivity contribution in [3.8, 4) is 0 Å². The molecule has 0 aliphatic rings. The third-order valence-corrected chi connectivity index (χ3v) is 5.26. The molecular weight excluding hydrogens is 352 g/mol. The average Bonchev–Trinajstić information content (AvgIpc) is 2.96. The molecule has 2 aromatic heterocycles. The largest absolute Gasteiger partial charge is 0.382 e. The first-order chi connectivity index (χ1) is 11.5. The Balaban J connectivity index is 0.00000225. The van der Waals surface area contributed by atoms with Crippen LogP contribution in [0.25, 0.3) is 11.2 Å². The van der Waals surface area contributed by atoms with E-state index in [1.807, 2.05) is 10.6 Å². The Labute approximate surface area is 167 Å². The summed E-state index contributed by atoms with van der Waals surface area (Å²) in [5, 5.41) is 0. The van der Waals surface area contributed by atoms with Crippen LogP contribution in [0.1, 0.15) is 24.1 Å². The zero-order valence-corrected chi connectivity index (χ0v) is 16.8. The summed E-state index contributed by atoms with van der Waals surface area (Å²) in [5.74, 6) is 0.316. The standard InChI is InChI=1S/C15H18N5O3P.Na/c16-14-13-15(18-9-17-14)20(10-19-13)8-4-7-12(24(21,22)23)11-5-2-1-3-6-11;/h1-3,5-6,9-10,12H,4,7-8H2,(H2,16,17,18)(H2,21,22,23);. The van der Waals surface area contributed by atoms with Crippen molar-refractivity contribution in [3.05, 3.63) is 48.5 Å². The van der Waals surface area contributed by atoms with Crippen LogP contribution < -0.4 is 5.73 Å². The molecule has 3 aromatic rings. The number of aromatic nitrogens is 4. The molecule has 8 nitrogen and oxygen atoms in total. The molecule has 1 atom stereocenters. The molecule has 0 fully saturated rings. The van der Waals surface area contributed by atoms with Crippen LogP contribution in [0.3, 0.4) is 0 Å². The fourth-order valence-corrected chi connectivity index (χ4v) is 3.80. The van der Waals surface area contributed by atoms with Crippen LogP contribution in [0, 0.1) is 0 Å². The fourth-order valence-electron chi connectivity index (χ4n) is 2.72. The monoisotopic (exact) mass is 370 g/mol. The molecule has 0 aliphatic heterocycles. The van der Waals surface area contributed by atoms with Gasteiger partial charge in [-0.1, -0.05) is 30.3 Å². The summed E-state index contributed by atoms with van der Waals surface area (Å²) < 4.78 is 13.6. The first kappa shape index (κ1) is 20.0. The summed E-state index contributed by atoms with van der Waals surface area (Å²) in [6.07, 6.45) is 3.91. The molecule has 25 heavy (non-hydrogen) atoms. The Morgan fingerprint density at radius 2 is 1.88 bits per heavy atom. The van der Waals surface area contributed by atoms with Gasteiger partial charge in [-0.25, -0.2) is 15.0 Å². The first-order valence-corrected chi connectivity index (χ1v) is 9.16. The van der Waals surface area contributed by atoms with E-state index in [1.165, 1.54) is 6.33 Å². The van der Waals surface area contributed by atoms with Crippen molar-refractivity contribution in [2.24, 2.45) is 0 Å². The van der Waals surface area contributed by atoms with Crippen LogP contribution in [0.4, 0.5) is 5.82 Å².